The van der Waals surface area contributed by atoms with Crippen LogP contribution in [0.4, 0.5) is 0 Å². The van der Waals surface area contributed by atoms with Crippen molar-refractivity contribution >= 4 is 23.6 Å². The number of esters is 1. The molecular weight excluding hydrogens is 378 g/mol. The maximum Gasteiger partial charge on any atom is 0.310 e. The number of nitrogens with zero attached hydrogens (tertiary/aromatic N) is 3. The number of carbonyl (C=O) groups excluding carboxylic acids is 2. The number of likely N-dealkylation sites (tertiary alicyclic amines) is 1. The smallest absolute Gasteiger partial charge is 0.310 e. The van der Waals surface area contributed by atoms with E-state index in [1.54, 1.807) is 29.8 Å². The lowest BCUT2D eigenvalue weighted by Gasteiger charge is -2.31. The Morgan fingerprint density at radius 1 is 1.29 bits per heavy atom. The molecule has 0 aromatic carbocycles. The Morgan fingerprint density at radius 3 is 2.82 bits per heavy atom. The lowest BCUT2D eigenvalue weighted by molar-refractivity contribution is -0.149. The number of hydrogen-bond acceptors (Lipinski definition) is 7. The predicted octanol–water partition coefficient (Wildman–Crippen LogP) is 1.92. The average Bonchev–Trinajstić information content (AvgIpc) is 2.75. The Hall–Kier alpha value is -1.64. The summed E-state index contributed by atoms with van der Waals surface area (Å²) in [5.74, 6) is 0.477. The van der Waals surface area contributed by atoms with Crippen LogP contribution in [0.25, 0.3) is 0 Å². The second-order valence-electron chi connectivity index (χ2n) is 7.03. The van der Waals surface area contributed by atoms with Gasteiger partial charge in [0.15, 0.2) is 0 Å². The number of carbonyl (C=O) groups is 2. The molecule has 2 aliphatic heterocycles. The molecule has 0 unspecified atom stereocenters. The number of morpholine rings is 1. The zero-order chi connectivity index (χ0) is 19.8. The van der Waals surface area contributed by atoms with Crippen molar-refractivity contribution in [3.05, 3.63) is 23.9 Å². The van der Waals surface area contributed by atoms with Gasteiger partial charge in [-0.3, -0.25) is 14.5 Å². The largest absolute Gasteiger partial charge is 0.466 e. The number of ether oxygens (including phenoxy) is 2. The van der Waals surface area contributed by atoms with E-state index in [2.05, 4.69) is 9.88 Å². The van der Waals surface area contributed by atoms with Gasteiger partial charge < -0.3 is 14.4 Å². The molecule has 1 aromatic heterocycles. The Bertz CT molecular complexity index is 649. The van der Waals surface area contributed by atoms with E-state index in [0.29, 0.717) is 25.3 Å². The van der Waals surface area contributed by atoms with E-state index in [9.17, 15) is 9.59 Å². The van der Waals surface area contributed by atoms with E-state index < -0.39 is 0 Å². The molecule has 1 atom stereocenters. The van der Waals surface area contributed by atoms with Crippen LogP contribution in [0.5, 0.6) is 0 Å². The summed E-state index contributed by atoms with van der Waals surface area (Å²) < 4.78 is 10.5. The third-order valence-corrected chi connectivity index (χ3v) is 6.00. The Morgan fingerprint density at radius 2 is 2.11 bits per heavy atom. The quantitative estimate of drug-likeness (QED) is 0.505. The Kier molecular flexibility index (Phi) is 8.12. The van der Waals surface area contributed by atoms with Crippen LogP contribution in [-0.4, -0.2) is 85.0 Å². The molecule has 3 heterocycles. The maximum atomic E-state index is 12.8. The highest BCUT2D eigenvalue weighted by molar-refractivity contribution is 7.99. The van der Waals surface area contributed by atoms with Crippen LogP contribution < -0.4 is 0 Å². The van der Waals surface area contributed by atoms with Crippen molar-refractivity contribution in [1.82, 2.24) is 14.8 Å². The molecular formula is C20H29N3O4S. The first-order valence-electron chi connectivity index (χ1n) is 10.0. The molecule has 0 aliphatic carbocycles. The molecule has 2 fully saturated rings. The molecule has 8 heteroatoms. The Labute approximate surface area is 170 Å². The van der Waals surface area contributed by atoms with Gasteiger partial charge in [0.1, 0.15) is 0 Å². The van der Waals surface area contributed by atoms with E-state index in [1.807, 2.05) is 12.1 Å². The van der Waals surface area contributed by atoms with Crippen molar-refractivity contribution in [3.8, 4) is 0 Å². The van der Waals surface area contributed by atoms with E-state index >= 15 is 0 Å². The van der Waals surface area contributed by atoms with Crippen molar-refractivity contribution in [2.75, 3.05) is 58.3 Å². The second-order valence-corrected chi connectivity index (χ2v) is 8.15. The summed E-state index contributed by atoms with van der Waals surface area (Å²) in [6.07, 6.45) is 3.24. The summed E-state index contributed by atoms with van der Waals surface area (Å²) >= 11 is 1.70. The standard InChI is InChI=1S/C20H29N3O4S/c1-2-27-20(25)17-4-3-7-23(15-17)19(24)16-5-6-18(21-14-16)28-13-10-22-8-11-26-12-9-22/h5-6,14,17H,2-4,7-13,15H2,1H3/t17-/m1/s1. The zero-order valence-electron chi connectivity index (χ0n) is 16.5. The molecule has 0 N–H and O–H groups in total. The number of hydrogen-bond donors (Lipinski definition) is 0. The molecule has 28 heavy (non-hydrogen) atoms. The number of aromatic nitrogens is 1. The van der Waals surface area contributed by atoms with Gasteiger partial charge >= 0.3 is 5.97 Å². The number of amides is 1. The first-order chi connectivity index (χ1) is 13.7. The topological polar surface area (TPSA) is 72.0 Å². The molecule has 0 spiro atoms. The minimum atomic E-state index is -0.222. The molecule has 1 aromatic rings. The normalized spacial score (nSPS) is 20.8. The monoisotopic (exact) mass is 407 g/mol. The fourth-order valence-corrected chi connectivity index (χ4v) is 4.34. The van der Waals surface area contributed by atoms with Crippen molar-refractivity contribution < 1.29 is 19.1 Å². The van der Waals surface area contributed by atoms with Gasteiger partial charge in [-0.15, -0.1) is 11.8 Å². The summed E-state index contributed by atoms with van der Waals surface area (Å²) in [5, 5.41) is 0.924. The number of rotatable bonds is 7. The molecule has 7 nitrogen and oxygen atoms in total. The van der Waals surface area contributed by atoms with Crippen molar-refractivity contribution in [2.24, 2.45) is 5.92 Å². The van der Waals surface area contributed by atoms with Gasteiger partial charge in [-0.05, 0) is 31.9 Å². The molecule has 3 rings (SSSR count). The molecule has 0 radical (unpaired) electrons. The van der Waals surface area contributed by atoms with Crippen LogP contribution in [0.15, 0.2) is 23.4 Å². The third kappa shape index (κ3) is 5.93. The van der Waals surface area contributed by atoms with Gasteiger partial charge in [0, 0.05) is 44.7 Å². The summed E-state index contributed by atoms with van der Waals surface area (Å²) in [6.45, 7) is 7.89. The predicted molar refractivity (Wildman–Crippen MR) is 107 cm³/mol. The Balaban J connectivity index is 1.48. The van der Waals surface area contributed by atoms with E-state index in [4.69, 9.17) is 9.47 Å². The SMILES string of the molecule is CCOC(=O)[C@@H]1CCCN(C(=O)c2ccc(SCCN3CCOCC3)nc2)C1. The van der Waals surface area contributed by atoms with Crippen molar-refractivity contribution in [2.45, 2.75) is 24.8 Å². The van der Waals surface area contributed by atoms with Gasteiger partial charge in [0.05, 0.1) is 36.3 Å². The zero-order valence-corrected chi connectivity index (χ0v) is 17.3. The number of pyridine rings is 1. The van der Waals surface area contributed by atoms with Crippen LogP contribution in [0.3, 0.4) is 0 Å². The van der Waals surface area contributed by atoms with Gasteiger partial charge in [0.2, 0.25) is 0 Å². The van der Waals surface area contributed by atoms with E-state index in [1.165, 1.54) is 0 Å². The van der Waals surface area contributed by atoms with Crippen LogP contribution in [-0.2, 0) is 14.3 Å². The fraction of sp³-hybridized carbons (Fsp3) is 0.650. The molecule has 1 amide bonds. The maximum absolute atomic E-state index is 12.8. The summed E-state index contributed by atoms with van der Waals surface area (Å²) in [6, 6.07) is 3.74. The number of thioether (sulfide) groups is 1. The molecule has 2 saturated heterocycles. The van der Waals surface area contributed by atoms with Crippen molar-refractivity contribution in [3.63, 3.8) is 0 Å². The van der Waals surface area contributed by atoms with E-state index in [-0.39, 0.29) is 17.8 Å². The van der Waals surface area contributed by atoms with E-state index in [0.717, 1.165) is 56.5 Å². The minimum absolute atomic E-state index is 0.0636. The highest BCUT2D eigenvalue weighted by atomic mass is 32.2. The van der Waals surface area contributed by atoms with Gasteiger partial charge in [-0.25, -0.2) is 4.98 Å². The average molecular weight is 408 g/mol. The van der Waals surface area contributed by atoms with Crippen LogP contribution in [0.2, 0.25) is 0 Å². The summed E-state index contributed by atoms with van der Waals surface area (Å²) in [5.41, 5.74) is 0.571. The van der Waals surface area contributed by atoms with Gasteiger partial charge in [-0.1, -0.05) is 0 Å². The number of piperidine rings is 1. The molecule has 0 bridgehead atoms. The third-order valence-electron chi connectivity index (χ3n) is 5.07. The van der Waals surface area contributed by atoms with Crippen LogP contribution >= 0.6 is 11.8 Å². The highest BCUT2D eigenvalue weighted by Crippen LogP contribution is 2.21. The highest BCUT2D eigenvalue weighted by Gasteiger charge is 2.29. The molecule has 0 saturated carbocycles. The second kappa shape index (κ2) is 10.8. The lowest BCUT2D eigenvalue weighted by atomic mass is 9.97. The van der Waals surface area contributed by atoms with Crippen molar-refractivity contribution in [1.29, 1.82) is 0 Å². The molecule has 2 aliphatic rings. The summed E-state index contributed by atoms with van der Waals surface area (Å²) in [7, 11) is 0. The fourth-order valence-electron chi connectivity index (χ4n) is 3.49. The first-order valence-corrected chi connectivity index (χ1v) is 11.0. The summed E-state index contributed by atoms with van der Waals surface area (Å²) in [4.78, 5) is 33.3. The van der Waals surface area contributed by atoms with Gasteiger partial charge in [0.25, 0.3) is 5.91 Å². The van der Waals surface area contributed by atoms with Crippen LogP contribution in [0.1, 0.15) is 30.1 Å². The lowest BCUT2D eigenvalue weighted by Crippen LogP contribution is -2.42. The van der Waals surface area contributed by atoms with Gasteiger partial charge in [-0.2, -0.15) is 0 Å². The first kappa shape index (κ1) is 21.1. The minimum Gasteiger partial charge on any atom is -0.466 e. The molecule has 154 valence electrons. The van der Waals surface area contributed by atoms with Crippen LogP contribution in [0, 0.1) is 5.92 Å².